The Morgan fingerprint density at radius 2 is 2.27 bits per heavy atom. The van der Waals surface area contributed by atoms with Crippen LogP contribution in [-0.2, 0) is 0 Å². The van der Waals surface area contributed by atoms with Crippen LogP contribution in [0, 0.1) is 6.92 Å². The molecule has 3 nitrogen and oxygen atoms in total. The van der Waals surface area contributed by atoms with Crippen molar-refractivity contribution in [2.75, 3.05) is 0 Å². The van der Waals surface area contributed by atoms with E-state index >= 15 is 0 Å². The molecule has 1 aromatic heterocycles. The summed E-state index contributed by atoms with van der Waals surface area (Å²) in [6.45, 7) is 3.85. The minimum Gasteiger partial charge on any atom is -0.226 e. The van der Waals surface area contributed by atoms with Crippen molar-refractivity contribution >= 4 is 22.7 Å². The van der Waals surface area contributed by atoms with Crippen molar-refractivity contribution in [2.45, 2.75) is 13.8 Å². The number of aromatic nitrogens is 2. The predicted octanol–water partition coefficient (Wildman–Crippen LogP) is 2.12. The van der Waals surface area contributed by atoms with Gasteiger partial charge in [-0.05, 0) is 19.9 Å². The van der Waals surface area contributed by atoms with E-state index in [1.807, 2.05) is 26.0 Å². The molecule has 0 saturated carbocycles. The van der Waals surface area contributed by atoms with Gasteiger partial charge in [0, 0.05) is 6.21 Å². The van der Waals surface area contributed by atoms with Gasteiger partial charge in [0.15, 0.2) is 0 Å². The molecule has 11 heavy (non-hydrogen) atoms. The summed E-state index contributed by atoms with van der Waals surface area (Å²) < 4.78 is 0. The van der Waals surface area contributed by atoms with E-state index in [0.717, 1.165) is 5.01 Å². The molecule has 0 aliphatic rings. The average molecular weight is 167 g/mol. The third kappa shape index (κ3) is 2.59. The molecule has 0 spiro atoms. The average Bonchev–Trinajstić information content (AvgIpc) is 2.37. The summed E-state index contributed by atoms with van der Waals surface area (Å²) in [7, 11) is 0. The molecule has 4 heteroatoms. The smallest absolute Gasteiger partial charge is 0.226 e. The number of hydrogen-bond donors (Lipinski definition) is 0. The second-order valence-electron chi connectivity index (χ2n) is 1.91. The first-order valence-electron chi connectivity index (χ1n) is 3.28. The normalized spacial score (nSPS) is 11.8. The Balaban J connectivity index is 2.64. The number of nitrogens with zero attached hydrogens (tertiary/aromatic N) is 3. The van der Waals surface area contributed by atoms with Crippen LogP contribution in [0.15, 0.2) is 17.1 Å². The molecule has 0 amide bonds. The molecular weight excluding hydrogens is 158 g/mol. The molecule has 0 unspecified atom stereocenters. The maximum absolute atomic E-state index is 4.05. The van der Waals surface area contributed by atoms with Crippen LogP contribution in [0.5, 0.6) is 0 Å². The Morgan fingerprint density at radius 3 is 2.82 bits per heavy atom. The van der Waals surface area contributed by atoms with E-state index in [1.165, 1.54) is 11.3 Å². The Bertz CT molecular complexity index is 275. The first-order valence-corrected chi connectivity index (χ1v) is 4.10. The van der Waals surface area contributed by atoms with Gasteiger partial charge in [0.05, 0.1) is 0 Å². The Hall–Kier alpha value is -1.03. The van der Waals surface area contributed by atoms with E-state index in [-0.39, 0.29) is 0 Å². The maximum atomic E-state index is 4.05. The number of aryl methyl sites for hydroxylation is 1. The molecule has 1 heterocycles. The summed E-state index contributed by atoms with van der Waals surface area (Å²) in [4.78, 5) is 4.05. The van der Waals surface area contributed by atoms with Crippen LogP contribution in [0.4, 0.5) is 5.13 Å². The molecule has 0 bridgehead atoms. The minimum atomic E-state index is 0.709. The van der Waals surface area contributed by atoms with Crippen LogP contribution in [0.25, 0.3) is 0 Å². The minimum absolute atomic E-state index is 0.709. The SMILES string of the molecule is CC=CC=Nc1nnc(C)s1. The number of rotatable bonds is 2. The number of hydrogen-bond acceptors (Lipinski definition) is 4. The molecule has 0 N–H and O–H groups in total. The Labute approximate surface area is 69.5 Å². The molecule has 0 atom stereocenters. The van der Waals surface area contributed by atoms with E-state index in [2.05, 4.69) is 15.2 Å². The zero-order chi connectivity index (χ0) is 8.10. The molecule has 0 aliphatic heterocycles. The lowest BCUT2D eigenvalue weighted by Gasteiger charge is -1.75. The molecule has 1 rings (SSSR count). The number of allylic oxidation sites excluding steroid dienone is 2. The highest BCUT2D eigenvalue weighted by Crippen LogP contribution is 2.16. The van der Waals surface area contributed by atoms with Gasteiger partial charge in [-0.3, -0.25) is 0 Å². The van der Waals surface area contributed by atoms with Crippen molar-refractivity contribution in [1.29, 1.82) is 0 Å². The van der Waals surface area contributed by atoms with Crippen LogP contribution >= 0.6 is 11.3 Å². The largest absolute Gasteiger partial charge is 0.231 e. The van der Waals surface area contributed by atoms with Crippen LogP contribution < -0.4 is 0 Å². The zero-order valence-corrected chi connectivity index (χ0v) is 7.30. The van der Waals surface area contributed by atoms with Gasteiger partial charge in [-0.2, -0.15) is 0 Å². The summed E-state index contributed by atoms with van der Waals surface area (Å²) in [5, 5.41) is 9.30. The van der Waals surface area contributed by atoms with Gasteiger partial charge in [-0.1, -0.05) is 17.4 Å². The fourth-order valence-corrected chi connectivity index (χ4v) is 1.07. The predicted molar refractivity (Wildman–Crippen MR) is 47.6 cm³/mol. The third-order valence-corrected chi connectivity index (χ3v) is 1.73. The standard InChI is InChI=1S/C7H9N3S/c1-3-4-5-8-7-10-9-6(2)11-7/h3-5H,1-2H3. The quantitative estimate of drug-likeness (QED) is 0.633. The van der Waals surface area contributed by atoms with Crippen molar-refractivity contribution < 1.29 is 0 Å². The molecule has 0 saturated heterocycles. The van der Waals surface area contributed by atoms with Crippen LogP contribution in [0.2, 0.25) is 0 Å². The number of aliphatic imine (C=N–C) groups is 1. The first-order chi connectivity index (χ1) is 5.33. The van der Waals surface area contributed by atoms with E-state index in [0.29, 0.717) is 5.13 Å². The van der Waals surface area contributed by atoms with Gasteiger partial charge in [0.1, 0.15) is 5.01 Å². The van der Waals surface area contributed by atoms with Gasteiger partial charge < -0.3 is 0 Å². The van der Waals surface area contributed by atoms with Gasteiger partial charge in [-0.15, -0.1) is 10.2 Å². The second-order valence-corrected chi connectivity index (χ2v) is 3.07. The summed E-state index contributed by atoms with van der Waals surface area (Å²) in [5.74, 6) is 0. The molecule has 0 fully saturated rings. The van der Waals surface area contributed by atoms with E-state index in [9.17, 15) is 0 Å². The van der Waals surface area contributed by atoms with E-state index < -0.39 is 0 Å². The summed E-state index contributed by atoms with van der Waals surface area (Å²) in [6.07, 6.45) is 5.48. The van der Waals surface area contributed by atoms with Gasteiger partial charge in [0.25, 0.3) is 0 Å². The van der Waals surface area contributed by atoms with Crippen molar-refractivity contribution in [3.63, 3.8) is 0 Å². The molecule has 0 aliphatic carbocycles. The topological polar surface area (TPSA) is 38.1 Å². The summed E-state index contributed by atoms with van der Waals surface area (Å²) in [6, 6.07) is 0. The highest BCUT2D eigenvalue weighted by molar-refractivity contribution is 7.14. The molecule has 0 aromatic carbocycles. The molecule has 1 aromatic rings. The fraction of sp³-hybridized carbons (Fsp3) is 0.286. The zero-order valence-electron chi connectivity index (χ0n) is 6.48. The van der Waals surface area contributed by atoms with Crippen LogP contribution in [0.1, 0.15) is 11.9 Å². The summed E-state index contributed by atoms with van der Waals surface area (Å²) >= 11 is 1.48. The van der Waals surface area contributed by atoms with Crippen LogP contribution in [0.3, 0.4) is 0 Å². The third-order valence-electron chi connectivity index (χ3n) is 0.979. The van der Waals surface area contributed by atoms with Crippen molar-refractivity contribution in [1.82, 2.24) is 10.2 Å². The second kappa shape index (κ2) is 3.98. The van der Waals surface area contributed by atoms with E-state index in [4.69, 9.17) is 0 Å². The van der Waals surface area contributed by atoms with E-state index in [1.54, 1.807) is 6.21 Å². The van der Waals surface area contributed by atoms with Gasteiger partial charge >= 0.3 is 0 Å². The maximum Gasteiger partial charge on any atom is 0.231 e. The van der Waals surface area contributed by atoms with Gasteiger partial charge in [0.2, 0.25) is 5.13 Å². The fourth-order valence-electron chi connectivity index (χ4n) is 0.531. The molecule has 58 valence electrons. The monoisotopic (exact) mass is 167 g/mol. The van der Waals surface area contributed by atoms with Crippen molar-refractivity contribution in [2.24, 2.45) is 4.99 Å². The Morgan fingerprint density at radius 1 is 1.45 bits per heavy atom. The molecule has 0 radical (unpaired) electrons. The van der Waals surface area contributed by atoms with Crippen molar-refractivity contribution in [3.8, 4) is 0 Å². The highest BCUT2D eigenvalue weighted by atomic mass is 32.1. The van der Waals surface area contributed by atoms with Gasteiger partial charge in [-0.25, -0.2) is 4.99 Å². The molecular formula is C7H9N3S. The lowest BCUT2D eigenvalue weighted by molar-refractivity contribution is 1.04. The van der Waals surface area contributed by atoms with Crippen molar-refractivity contribution in [3.05, 3.63) is 17.2 Å². The first kappa shape index (κ1) is 8.07. The lowest BCUT2D eigenvalue weighted by Crippen LogP contribution is -1.67. The van der Waals surface area contributed by atoms with Crippen LogP contribution in [-0.4, -0.2) is 16.4 Å². The Kier molecular flexibility index (Phi) is 2.92. The summed E-state index contributed by atoms with van der Waals surface area (Å²) in [5.41, 5.74) is 0. The highest BCUT2D eigenvalue weighted by Gasteiger charge is 1.93. The lowest BCUT2D eigenvalue weighted by atomic mass is 10.6.